The van der Waals surface area contributed by atoms with E-state index in [0.29, 0.717) is 0 Å². The molecule has 1 saturated heterocycles. The van der Waals surface area contributed by atoms with Gasteiger partial charge in [-0.25, -0.2) is 9.97 Å². The molecule has 2 aromatic heterocycles. The molecule has 5 nitrogen and oxygen atoms in total. The lowest BCUT2D eigenvalue weighted by Crippen LogP contribution is -2.39. The van der Waals surface area contributed by atoms with Gasteiger partial charge >= 0.3 is 0 Å². The van der Waals surface area contributed by atoms with Crippen LogP contribution >= 0.6 is 0 Å². The molecule has 108 valence electrons. The predicted molar refractivity (Wildman–Crippen MR) is 78.6 cm³/mol. The van der Waals surface area contributed by atoms with Crippen molar-refractivity contribution in [2.24, 2.45) is 0 Å². The molecule has 3 rings (SSSR count). The summed E-state index contributed by atoms with van der Waals surface area (Å²) in [5.74, 6) is 1.07. The highest BCUT2D eigenvalue weighted by molar-refractivity contribution is 5.15. The Morgan fingerprint density at radius 1 is 1.35 bits per heavy atom. The number of piperidine rings is 1. The molecule has 0 unspecified atom stereocenters. The van der Waals surface area contributed by atoms with Gasteiger partial charge in [0.15, 0.2) is 0 Å². The number of aromatic nitrogens is 4. The topological polar surface area (TPSA) is 58.5 Å². The van der Waals surface area contributed by atoms with Crippen molar-refractivity contribution in [1.82, 2.24) is 24.8 Å². The first-order chi connectivity index (χ1) is 9.78. The first-order valence-corrected chi connectivity index (χ1v) is 7.47. The van der Waals surface area contributed by atoms with Gasteiger partial charge in [0.05, 0.1) is 6.33 Å². The van der Waals surface area contributed by atoms with E-state index in [1.807, 2.05) is 18.7 Å². The first kappa shape index (κ1) is 13.4. The monoisotopic (exact) mass is 273 g/mol. The molecule has 0 radical (unpaired) electrons. The molecule has 3 heterocycles. The molecule has 0 saturated carbocycles. The van der Waals surface area contributed by atoms with Crippen molar-refractivity contribution in [3.63, 3.8) is 0 Å². The molecule has 1 aliphatic rings. The summed E-state index contributed by atoms with van der Waals surface area (Å²) in [6, 6.07) is 0. The maximum Gasteiger partial charge on any atom is 0.106 e. The number of aryl methyl sites for hydroxylation is 2. The Morgan fingerprint density at radius 3 is 2.95 bits per heavy atom. The van der Waals surface area contributed by atoms with Gasteiger partial charge in [-0.15, -0.1) is 0 Å². The smallest absolute Gasteiger partial charge is 0.106 e. The van der Waals surface area contributed by atoms with E-state index < -0.39 is 0 Å². The van der Waals surface area contributed by atoms with E-state index in [9.17, 15) is 0 Å². The van der Waals surface area contributed by atoms with Crippen LogP contribution in [0.1, 0.15) is 37.7 Å². The number of aromatic amines is 1. The number of rotatable bonds is 5. The van der Waals surface area contributed by atoms with Crippen LogP contribution < -0.4 is 5.32 Å². The zero-order valence-electron chi connectivity index (χ0n) is 12.1. The average Bonchev–Trinajstić information content (AvgIpc) is 3.11. The van der Waals surface area contributed by atoms with Crippen molar-refractivity contribution in [2.45, 2.75) is 44.6 Å². The zero-order valence-corrected chi connectivity index (χ0v) is 12.1. The Kier molecular flexibility index (Phi) is 3.87. The van der Waals surface area contributed by atoms with Crippen LogP contribution in [0.3, 0.4) is 0 Å². The minimum atomic E-state index is 0.270. The second-order valence-electron chi connectivity index (χ2n) is 5.92. The fraction of sp³-hybridized carbons (Fsp3) is 0.600. The van der Waals surface area contributed by atoms with Gasteiger partial charge in [0.25, 0.3) is 0 Å². The van der Waals surface area contributed by atoms with E-state index in [1.165, 1.54) is 18.5 Å². The van der Waals surface area contributed by atoms with Crippen molar-refractivity contribution in [3.8, 4) is 0 Å². The summed E-state index contributed by atoms with van der Waals surface area (Å²) in [6.45, 7) is 5.59. The van der Waals surface area contributed by atoms with E-state index in [1.54, 1.807) is 0 Å². The molecule has 20 heavy (non-hydrogen) atoms. The Morgan fingerprint density at radius 2 is 2.20 bits per heavy atom. The highest BCUT2D eigenvalue weighted by atomic mass is 15.1. The maximum absolute atomic E-state index is 4.38. The van der Waals surface area contributed by atoms with Gasteiger partial charge in [0.1, 0.15) is 5.82 Å². The minimum absolute atomic E-state index is 0.270. The van der Waals surface area contributed by atoms with E-state index in [2.05, 4.69) is 38.0 Å². The fourth-order valence-electron chi connectivity index (χ4n) is 3.09. The van der Waals surface area contributed by atoms with Gasteiger partial charge in [-0.3, -0.25) is 0 Å². The third kappa shape index (κ3) is 2.77. The Hall–Kier alpha value is -1.62. The van der Waals surface area contributed by atoms with Crippen LogP contribution in [-0.4, -0.2) is 32.6 Å². The summed E-state index contributed by atoms with van der Waals surface area (Å²) in [5, 5.41) is 3.44. The minimum Gasteiger partial charge on any atom is -0.349 e. The van der Waals surface area contributed by atoms with E-state index in [-0.39, 0.29) is 5.41 Å². The van der Waals surface area contributed by atoms with Gasteiger partial charge in [-0.05, 0) is 32.4 Å². The lowest BCUT2D eigenvalue weighted by Gasteiger charge is -2.34. The standard InChI is InChI=1S/C15H23N5/c1-15(4-6-16-7-5-15)13-11-17-12-20(13)10-2-3-14-18-8-9-19-14/h8-9,11-12,16H,2-7,10H2,1H3,(H,18,19). The molecule has 0 aromatic carbocycles. The molecule has 0 spiro atoms. The van der Waals surface area contributed by atoms with Gasteiger partial charge < -0.3 is 14.9 Å². The quantitative estimate of drug-likeness (QED) is 0.874. The summed E-state index contributed by atoms with van der Waals surface area (Å²) in [7, 11) is 0. The van der Waals surface area contributed by atoms with Crippen LogP contribution in [0, 0.1) is 0 Å². The van der Waals surface area contributed by atoms with Gasteiger partial charge in [-0.1, -0.05) is 6.92 Å². The van der Waals surface area contributed by atoms with Crippen molar-refractivity contribution in [3.05, 3.63) is 36.4 Å². The molecule has 2 aromatic rings. The summed E-state index contributed by atoms with van der Waals surface area (Å²) in [5.41, 5.74) is 1.66. The molecular formula is C15H23N5. The van der Waals surface area contributed by atoms with Crippen LogP contribution in [0.15, 0.2) is 24.9 Å². The molecule has 1 aliphatic heterocycles. The lowest BCUT2D eigenvalue weighted by atomic mass is 9.78. The number of hydrogen-bond acceptors (Lipinski definition) is 3. The Labute approximate surface area is 119 Å². The van der Waals surface area contributed by atoms with E-state index in [0.717, 1.165) is 38.3 Å². The van der Waals surface area contributed by atoms with Gasteiger partial charge in [0.2, 0.25) is 0 Å². The van der Waals surface area contributed by atoms with Crippen LogP contribution in [0.4, 0.5) is 0 Å². The van der Waals surface area contributed by atoms with Crippen molar-refractivity contribution in [2.75, 3.05) is 13.1 Å². The van der Waals surface area contributed by atoms with Gasteiger partial charge in [0, 0.05) is 42.7 Å². The highest BCUT2D eigenvalue weighted by Gasteiger charge is 2.31. The molecule has 1 fully saturated rings. The zero-order chi connectivity index (χ0) is 13.8. The van der Waals surface area contributed by atoms with Crippen LogP contribution in [0.25, 0.3) is 0 Å². The molecule has 0 aliphatic carbocycles. The second-order valence-corrected chi connectivity index (χ2v) is 5.92. The van der Waals surface area contributed by atoms with Crippen LogP contribution in [-0.2, 0) is 18.4 Å². The van der Waals surface area contributed by atoms with Crippen molar-refractivity contribution in [1.29, 1.82) is 0 Å². The van der Waals surface area contributed by atoms with Crippen molar-refractivity contribution >= 4 is 0 Å². The summed E-state index contributed by atoms with van der Waals surface area (Å²) in [6.07, 6.45) is 12.2. The maximum atomic E-state index is 4.38. The summed E-state index contributed by atoms with van der Waals surface area (Å²) in [4.78, 5) is 11.8. The van der Waals surface area contributed by atoms with Crippen LogP contribution in [0.5, 0.6) is 0 Å². The normalized spacial score (nSPS) is 18.2. The molecule has 5 heteroatoms. The van der Waals surface area contributed by atoms with E-state index >= 15 is 0 Å². The predicted octanol–water partition coefficient (Wildman–Crippen LogP) is 1.88. The molecule has 0 atom stereocenters. The summed E-state index contributed by atoms with van der Waals surface area (Å²) >= 11 is 0. The third-order valence-corrected chi connectivity index (χ3v) is 4.41. The highest BCUT2D eigenvalue weighted by Crippen LogP contribution is 2.32. The summed E-state index contributed by atoms with van der Waals surface area (Å²) < 4.78 is 2.33. The molecule has 2 N–H and O–H groups in total. The van der Waals surface area contributed by atoms with Crippen LogP contribution in [0.2, 0.25) is 0 Å². The molecular weight excluding hydrogens is 250 g/mol. The number of imidazole rings is 2. The average molecular weight is 273 g/mol. The Balaban J connectivity index is 1.64. The number of hydrogen-bond donors (Lipinski definition) is 2. The van der Waals surface area contributed by atoms with Crippen molar-refractivity contribution < 1.29 is 0 Å². The molecule has 0 amide bonds. The second kappa shape index (κ2) is 5.79. The van der Waals surface area contributed by atoms with Gasteiger partial charge in [-0.2, -0.15) is 0 Å². The number of nitrogens with zero attached hydrogens (tertiary/aromatic N) is 3. The number of H-pyrrole nitrogens is 1. The third-order valence-electron chi connectivity index (χ3n) is 4.41. The number of nitrogens with one attached hydrogen (secondary N) is 2. The fourth-order valence-corrected chi connectivity index (χ4v) is 3.09. The van der Waals surface area contributed by atoms with E-state index in [4.69, 9.17) is 0 Å². The lowest BCUT2D eigenvalue weighted by molar-refractivity contribution is 0.316. The SMILES string of the molecule is CC1(c2cncn2CCCc2ncc[nH]2)CCNCC1. The largest absolute Gasteiger partial charge is 0.349 e. The Bertz CT molecular complexity index is 522. The first-order valence-electron chi connectivity index (χ1n) is 7.47. The molecule has 0 bridgehead atoms.